The van der Waals surface area contributed by atoms with Crippen LogP contribution in [0.2, 0.25) is 0 Å². The zero-order valence-electron chi connectivity index (χ0n) is 9.12. The first-order valence-electron chi connectivity index (χ1n) is 4.40. The van der Waals surface area contributed by atoms with Crippen molar-refractivity contribution in [2.24, 2.45) is 0 Å². The molecule has 0 saturated heterocycles. The second-order valence-electron chi connectivity index (χ2n) is 0.577. The Morgan fingerprint density at radius 3 is 0.900 bits per heavy atom. The summed E-state index contributed by atoms with van der Waals surface area (Å²) in [5, 5.41) is 0. The Labute approximate surface area is 72.8 Å². The van der Waals surface area contributed by atoms with E-state index < -0.39 is 0 Å². The summed E-state index contributed by atoms with van der Waals surface area (Å²) in [5.41, 5.74) is 0. The highest BCUT2D eigenvalue weighted by atomic mass is 32.2. The van der Waals surface area contributed by atoms with Crippen LogP contribution in [0.3, 0.4) is 0 Å². The Bertz CT molecular complexity index is 6.69. The first-order valence-corrected chi connectivity index (χ1v) is 5.80. The lowest BCUT2D eigenvalue weighted by Gasteiger charge is -1.69. The molecule has 0 aliphatic carbocycles. The molecule has 0 spiro atoms. The molecule has 1 heteroatoms. The van der Waals surface area contributed by atoms with Crippen LogP contribution in [-0.4, -0.2) is 12.0 Å². The average Bonchev–Trinajstić information content (AvgIpc) is 2.14. The van der Waals surface area contributed by atoms with Crippen molar-refractivity contribution in [3.8, 4) is 0 Å². The Balaban J connectivity index is -0.0000000262. The fourth-order valence-corrected chi connectivity index (χ4v) is 0. The van der Waals surface area contributed by atoms with E-state index in [1.807, 2.05) is 53.3 Å². The Morgan fingerprint density at radius 1 is 0.800 bits per heavy atom. The Kier molecular flexibility index (Phi) is 265. The summed E-state index contributed by atoms with van der Waals surface area (Å²) in [6.45, 7) is 14.1. The molecule has 0 aliphatic rings. The van der Waals surface area contributed by atoms with E-state index in [1.54, 1.807) is 0 Å². The number of hydrogen-bond donors (Lipinski definition) is 0. The molecular formula is C9H26S. The van der Waals surface area contributed by atoms with Gasteiger partial charge in [-0.05, 0) is 12.0 Å². The minimum absolute atomic E-state index is 1.24. The van der Waals surface area contributed by atoms with Gasteiger partial charge in [0.2, 0.25) is 0 Å². The molecule has 0 radical (unpaired) electrons. The summed E-state index contributed by atoms with van der Waals surface area (Å²) in [5.74, 6) is 1.24. The van der Waals surface area contributed by atoms with E-state index >= 15 is 0 Å². The fraction of sp³-hybridized carbons (Fsp3) is 1.00. The van der Waals surface area contributed by atoms with Crippen LogP contribution in [0.5, 0.6) is 0 Å². The first-order chi connectivity index (χ1) is 4.91. The molecule has 0 heterocycles. The molecule has 0 nitrogen and oxygen atoms in total. The summed E-state index contributed by atoms with van der Waals surface area (Å²) >= 11 is 1.86. The lowest BCUT2D eigenvalue weighted by molar-refractivity contribution is 1.50. The maximum Gasteiger partial charge on any atom is -0.00988 e. The monoisotopic (exact) mass is 166 g/mol. The predicted molar refractivity (Wildman–Crippen MR) is 58.1 cm³/mol. The third kappa shape index (κ3) is 248. The van der Waals surface area contributed by atoms with E-state index in [2.05, 4.69) is 13.2 Å². The van der Waals surface area contributed by atoms with Gasteiger partial charge in [0.15, 0.2) is 0 Å². The van der Waals surface area contributed by atoms with Crippen LogP contribution in [-0.2, 0) is 0 Å². The van der Waals surface area contributed by atoms with E-state index in [0.29, 0.717) is 0 Å². The average molecular weight is 166 g/mol. The maximum atomic E-state index is 2.14. The van der Waals surface area contributed by atoms with Crippen LogP contribution in [0.15, 0.2) is 0 Å². The molecule has 0 amide bonds. The highest BCUT2D eigenvalue weighted by molar-refractivity contribution is 7.98. The molecule has 0 aromatic rings. The smallest absolute Gasteiger partial charge is 0.00988 e. The van der Waals surface area contributed by atoms with Crippen molar-refractivity contribution in [2.75, 3.05) is 12.0 Å². The van der Waals surface area contributed by atoms with Gasteiger partial charge >= 0.3 is 0 Å². The second-order valence-corrected chi connectivity index (χ2v) is 1.73. The van der Waals surface area contributed by atoms with Crippen molar-refractivity contribution in [3.05, 3.63) is 0 Å². The van der Waals surface area contributed by atoms with E-state index in [4.69, 9.17) is 0 Å². The molecule has 0 unspecified atom stereocenters. The van der Waals surface area contributed by atoms with E-state index in [1.165, 1.54) is 5.75 Å². The third-order valence-electron chi connectivity index (χ3n) is 0.289. The molecule has 0 bridgehead atoms. The largest absolute Gasteiger partial charge is 0.166 e. The molecule has 0 fully saturated rings. The van der Waals surface area contributed by atoms with Gasteiger partial charge < -0.3 is 0 Å². The summed E-state index contributed by atoms with van der Waals surface area (Å²) in [4.78, 5) is 0. The minimum Gasteiger partial charge on any atom is -0.166 e. The predicted octanol–water partition coefficient (Wildman–Crippen LogP) is 4.45. The highest BCUT2D eigenvalue weighted by Gasteiger charge is 1.55. The zero-order valence-corrected chi connectivity index (χ0v) is 9.93. The molecule has 0 aromatic heterocycles. The highest BCUT2D eigenvalue weighted by Crippen LogP contribution is 1.83. The molecule has 0 atom stereocenters. The number of rotatable bonds is 1. The lowest BCUT2D eigenvalue weighted by Crippen LogP contribution is -1.52. The zero-order chi connectivity index (χ0) is 9.41. The quantitative estimate of drug-likeness (QED) is 0.554. The normalized spacial score (nSPS) is 4.80. The van der Waals surface area contributed by atoms with Crippen LogP contribution in [0.4, 0.5) is 0 Å². The summed E-state index contributed by atoms with van der Waals surface area (Å²) in [6.07, 6.45) is 2.10. The lowest BCUT2D eigenvalue weighted by atomic mass is 11.0. The van der Waals surface area contributed by atoms with Gasteiger partial charge in [-0.25, -0.2) is 0 Å². The van der Waals surface area contributed by atoms with Crippen LogP contribution >= 0.6 is 11.8 Å². The van der Waals surface area contributed by atoms with Gasteiger partial charge in [-0.3, -0.25) is 0 Å². The van der Waals surface area contributed by atoms with Crippen molar-refractivity contribution in [1.82, 2.24) is 0 Å². The minimum atomic E-state index is 1.24. The van der Waals surface area contributed by atoms with Crippen LogP contribution in [0.1, 0.15) is 48.5 Å². The van der Waals surface area contributed by atoms with Gasteiger partial charge in [-0.15, -0.1) is 0 Å². The molecule has 0 N–H and O–H groups in total. The molecule has 68 valence electrons. The second kappa shape index (κ2) is 118. The van der Waals surface area contributed by atoms with E-state index in [0.717, 1.165) is 0 Å². The van der Waals surface area contributed by atoms with Gasteiger partial charge in [-0.2, -0.15) is 11.8 Å². The van der Waals surface area contributed by atoms with Crippen molar-refractivity contribution >= 4 is 11.8 Å². The van der Waals surface area contributed by atoms with E-state index in [-0.39, 0.29) is 0 Å². The summed E-state index contributed by atoms with van der Waals surface area (Å²) in [7, 11) is 0. The molecule has 0 aliphatic heterocycles. The number of hydrogen-bond acceptors (Lipinski definition) is 1. The molecule has 0 saturated carbocycles. The molecule has 10 heavy (non-hydrogen) atoms. The van der Waals surface area contributed by atoms with Crippen LogP contribution < -0.4 is 0 Å². The summed E-state index contributed by atoms with van der Waals surface area (Å²) in [6, 6.07) is 0. The van der Waals surface area contributed by atoms with Gasteiger partial charge in [0, 0.05) is 0 Å². The molecular weight excluding hydrogens is 140 g/mol. The van der Waals surface area contributed by atoms with Crippen molar-refractivity contribution in [2.45, 2.75) is 48.5 Å². The molecule has 0 rings (SSSR count). The van der Waals surface area contributed by atoms with Crippen LogP contribution in [0.25, 0.3) is 0 Å². The van der Waals surface area contributed by atoms with Gasteiger partial charge in [-0.1, -0.05) is 48.5 Å². The SMILES string of the molecule is CC.CC.CC.CCSC. The van der Waals surface area contributed by atoms with Crippen molar-refractivity contribution < 1.29 is 0 Å². The maximum absolute atomic E-state index is 2.14. The van der Waals surface area contributed by atoms with Crippen molar-refractivity contribution in [3.63, 3.8) is 0 Å². The Hall–Kier alpha value is 0.350. The summed E-state index contributed by atoms with van der Waals surface area (Å²) < 4.78 is 0. The fourth-order valence-electron chi connectivity index (χ4n) is 0. The molecule has 0 aromatic carbocycles. The Morgan fingerprint density at radius 2 is 0.900 bits per heavy atom. The van der Waals surface area contributed by atoms with Gasteiger partial charge in [0.1, 0.15) is 0 Å². The van der Waals surface area contributed by atoms with Crippen LogP contribution in [0, 0.1) is 0 Å². The topological polar surface area (TPSA) is 0 Å². The first kappa shape index (κ1) is 22.4. The van der Waals surface area contributed by atoms with Gasteiger partial charge in [0.05, 0.1) is 0 Å². The third-order valence-corrected chi connectivity index (χ3v) is 0.866. The van der Waals surface area contributed by atoms with E-state index in [9.17, 15) is 0 Å². The van der Waals surface area contributed by atoms with Gasteiger partial charge in [0.25, 0.3) is 0 Å². The standard InChI is InChI=1S/C3H8S.3C2H6/c1-3-4-2;3*1-2/h3H2,1-2H3;3*1-2H3. The number of thioether (sulfide) groups is 1. The van der Waals surface area contributed by atoms with Crippen molar-refractivity contribution in [1.29, 1.82) is 0 Å².